The number of carbonyl (C=O) groups is 1. The Morgan fingerprint density at radius 2 is 2.09 bits per heavy atom. The molecule has 1 aliphatic rings. The fourth-order valence-electron chi connectivity index (χ4n) is 2.50. The highest BCUT2D eigenvalue weighted by molar-refractivity contribution is 7.19. The van der Waals surface area contributed by atoms with Gasteiger partial charge in [0.15, 0.2) is 5.78 Å². The molecule has 0 saturated heterocycles. The minimum absolute atomic E-state index is 0.0110. The van der Waals surface area contributed by atoms with Crippen LogP contribution in [0.25, 0.3) is 16.2 Å². The predicted molar refractivity (Wildman–Crippen MR) is 92.9 cm³/mol. The molecule has 0 saturated carbocycles. The van der Waals surface area contributed by atoms with Gasteiger partial charge in [-0.2, -0.15) is 0 Å². The number of benzene rings is 1. The van der Waals surface area contributed by atoms with Crippen LogP contribution in [0, 0.1) is 0 Å². The molecule has 2 aromatic rings. The van der Waals surface area contributed by atoms with Crippen molar-refractivity contribution in [1.82, 2.24) is 0 Å². The van der Waals surface area contributed by atoms with Crippen LogP contribution in [0.5, 0.6) is 0 Å². The average molecular weight is 310 g/mol. The lowest BCUT2D eigenvalue weighted by Gasteiger charge is -2.14. The maximum atomic E-state index is 12.4. The molecule has 0 radical (unpaired) electrons. The van der Waals surface area contributed by atoms with Gasteiger partial charge < -0.3 is 4.74 Å². The summed E-state index contributed by atoms with van der Waals surface area (Å²) in [5.74, 6) is 0.733. The van der Waals surface area contributed by atoms with E-state index in [0.717, 1.165) is 23.5 Å². The maximum absolute atomic E-state index is 12.4. The van der Waals surface area contributed by atoms with Gasteiger partial charge in [0.1, 0.15) is 5.76 Å². The minimum Gasteiger partial charge on any atom is -0.493 e. The van der Waals surface area contributed by atoms with E-state index < -0.39 is 0 Å². The van der Waals surface area contributed by atoms with E-state index >= 15 is 0 Å². The van der Waals surface area contributed by atoms with Gasteiger partial charge in [0.2, 0.25) is 0 Å². The Balaban J connectivity index is 1.78. The van der Waals surface area contributed by atoms with Crippen molar-refractivity contribution < 1.29 is 9.53 Å². The van der Waals surface area contributed by atoms with Crippen LogP contribution < -0.4 is 0 Å². The molecule has 0 spiro atoms. The van der Waals surface area contributed by atoms with Gasteiger partial charge in [-0.05, 0) is 55.5 Å². The van der Waals surface area contributed by atoms with Gasteiger partial charge in [0.05, 0.1) is 12.2 Å². The Morgan fingerprint density at radius 3 is 2.91 bits per heavy atom. The smallest absolute Gasteiger partial charge is 0.189 e. The first-order valence-corrected chi connectivity index (χ1v) is 8.34. The fraction of sp³-hybridized carbons (Fsp3) is 0.211. The van der Waals surface area contributed by atoms with Crippen molar-refractivity contribution in [1.29, 1.82) is 0 Å². The Kier molecular flexibility index (Phi) is 4.54. The second-order valence-corrected chi connectivity index (χ2v) is 6.20. The molecule has 1 aliphatic carbocycles. The number of thiophene rings is 1. The van der Waals surface area contributed by atoms with Crippen LogP contribution in [0.1, 0.15) is 24.6 Å². The predicted octanol–water partition coefficient (Wildman–Crippen LogP) is 5.12. The van der Waals surface area contributed by atoms with E-state index in [-0.39, 0.29) is 5.78 Å². The van der Waals surface area contributed by atoms with E-state index in [1.165, 1.54) is 10.1 Å². The molecule has 1 aromatic carbocycles. The van der Waals surface area contributed by atoms with Crippen LogP contribution in [0.4, 0.5) is 0 Å². The number of allylic oxidation sites excluding steroid dienone is 4. The summed E-state index contributed by atoms with van der Waals surface area (Å²) >= 11 is 1.69. The largest absolute Gasteiger partial charge is 0.493 e. The van der Waals surface area contributed by atoms with E-state index in [2.05, 4.69) is 18.2 Å². The Hall–Kier alpha value is -2.13. The van der Waals surface area contributed by atoms with Gasteiger partial charge in [-0.1, -0.05) is 24.3 Å². The topological polar surface area (TPSA) is 26.3 Å². The lowest BCUT2D eigenvalue weighted by atomic mass is 10.0. The third-order valence-corrected chi connectivity index (χ3v) is 4.60. The highest BCUT2D eigenvalue weighted by Gasteiger charge is 2.15. The maximum Gasteiger partial charge on any atom is 0.189 e. The van der Waals surface area contributed by atoms with Crippen LogP contribution in [0.3, 0.4) is 0 Å². The number of carbonyl (C=O) groups excluding carboxylic acids is 1. The zero-order chi connectivity index (χ0) is 15.4. The monoisotopic (exact) mass is 310 g/mol. The lowest BCUT2D eigenvalue weighted by molar-refractivity contribution is -0.111. The summed E-state index contributed by atoms with van der Waals surface area (Å²) in [6.07, 6.45) is 9.36. The molecule has 3 rings (SSSR count). The summed E-state index contributed by atoms with van der Waals surface area (Å²) in [4.78, 5) is 13.5. The van der Waals surface area contributed by atoms with Crippen molar-refractivity contribution in [2.24, 2.45) is 0 Å². The fourth-order valence-corrected chi connectivity index (χ4v) is 3.47. The first-order valence-electron chi connectivity index (χ1n) is 7.52. The van der Waals surface area contributed by atoms with Crippen LogP contribution in [-0.2, 0) is 9.53 Å². The van der Waals surface area contributed by atoms with Gasteiger partial charge in [-0.25, -0.2) is 0 Å². The number of hydrogen-bond acceptors (Lipinski definition) is 3. The Bertz CT molecular complexity index is 745. The van der Waals surface area contributed by atoms with Crippen molar-refractivity contribution in [3.63, 3.8) is 0 Å². The van der Waals surface area contributed by atoms with E-state index in [1.807, 2.05) is 37.3 Å². The molecule has 0 N–H and O–H groups in total. The second kappa shape index (κ2) is 6.75. The van der Waals surface area contributed by atoms with Gasteiger partial charge >= 0.3 is 0 Å². The molecule has 1 aromatic heterocycles. The van der Waals surface area contributed by atoms with Crippen LogP contribution in [0.2, 0.25) is 0 Å². The SMILES string of the molecule is CCOC1=CCCC=C1C(=O)/C=C/c1cc2ccccc2s1. The van der Waals surface area contributed by atoms with E-state index in [4.69, 9.17) is 4.74 Å². The molecule has 0 aliphatic heterocycles. The number of ketones is 1. The normalized spacial score (nSPS) is 15.0. The molecule has 1 heterocycles. The van der Waals surface area contributed by atoms with Crippen molar-refractivity contribution in [2.75, 3.05) is 6.61 Å². The molecule has 3 heteroatoms. The van der Waals surface area contributed by atoms with Crippen molar-refractivity contribution in [3.8, 4) is 0 Å². The quantitative estimate of drug-likeness (QED) is 0.716. The third kappa shape index (κ3) is 3.20. The molecule has 0 amide bonds. The minimum atomic E-state index is 0.0110. The van der Waals surface area contributed by atoms with Crippen LogP contribution in [-0.4, -0.2) is 12.4 Å². The third-order valence-electron chi connectivity index (χ3n) is 3.52. The number of fused-ring (bicyclic) bond motifs is 1. The second-order valence-electron chi connectivity index (χ2n) is 5.08. The summed E-state index contributed by atoms with van der Waals surface area (Å²) in [6, 6.07) is 10.4. The number of ether oxygens (including phenoxy) is 1. The van der Waals surface area contributed by atoms with Gasteiger partial charge in [0, 0.05) is 9.58 Å². The van der Waals surface area contributed by atoms with E-state index in [9.17, 15) is 4.79 Å². The zero-order valence-electron chi connectivity index (χ0n) is 12.5. The van der Waals surface area contributed by atoms with Gasteiger partial charge in [-0.15, -0.1) is 11.3 Å². The zero-order valence-corrected chi connectivity index (χ0v) is 13.4. The molecule has 0 bridgehead atoms. The molecule has 0 fully saturated rings. The summed E-state index contributed by atoms with van der Waals surface area (Å²) < 4.78 is 6.79. The van der Waals surface area contributed by atoms with Crippen molar-refractivity contribution in [2.45, 2.75) is 19.8 Å². The number of rotatable bonds is 5. The van der Waals surface area contributed by atoms with Crippen molar-refractivity contribution in [3.05, 3.63) is 64.8 Å². The molecular formula is C19H18O2S. The lowest BCUT2D eigenvalue weighted by Crippen LogP contribution is -2.08. The highest BCUT2D eigenvalue weighted by atomic mass is 32.1. The number of hydrogen-bond donors (Lipinski definition) is 0. The summed E-state index contributed by atoms with van der Waals surface area (Å²) in [7, 11) is 0. The molecule has 0 atom stereocenters. The summed E-state index contributed by atoms with van der Waals surface area (Å²) in [6.45, 7) is 2.51. The first kappa shape index (κ1) is 14.8. The van der Waals surface area contributed by atoms with Crippen LogP contribution in [0.15, 0.2) is 59.9 Å². The van der Waals surface area contributed by atoms with E-state index in [0.29, 0.717) is 12.2 Å². The average Bonchev–Trinajstić information content (AvgIpc) is 2.96. The summed E-state index contributed by atoms with van der Waals surface area (Å²) in [5.41, 5.74) is 0.686. The first-order chi connectivity index (χ1) is 10.8. The molecule has 2 nitrogen and oxygen atoms in total. The Labute approximate surface area is 134 Å². The highest BCUT2D eigenvalue weighted by Crippen LogP contribution is 2.27. The van der Waals surface area contributed by atoms with Gasteiger partial charge in [0.25, 0.3) is 0 Å². The van der Waals surface area contributed by atoms with Crippen molar-refractivity contribution >= 4 is 33.3 Å². The van der Waals surface area contributed by atoms with Gasteiger partial charge in [-0.3, -0.25) is 4.79 Å². The molecule has 22 heavy (non-hydrogen) atoms. The van der Waals surface area contributed by atoms with Crippen LogP contribution >= 0.6 is 11.3 Å². The van der Waals surface area contributed by atoms with E-state index in [1.54, 1.807) is 17.4 Å². The standard InChI is InChI=1S/C19H18O2S/c1-2-21-18-9-5-4-8-16(18)17(20)12-11-15-13-14-7-3-6-10-19(14)22-15/h3,6-13H,2,4-5H2,1H3/b12-11+. The Morgan fingerprint density at radius 1 is 1.27 bits per heavy atom. The molecular weight excluding hydrogens is 292 g/mol. The molecule has 112 valence electrons. The molecule has 0 unspecified atom stereocenters. The summed E-state index contributed by atoms with van der Waals surface area (Å²) in [5, 5.41) is 1.21.